The van der Waals surface area contributed by atoms with Crippen LogP contribution < -0.4 is 5.32 Å². The quantitative estimate of drug-likeness (QED) is 0.790. The second kappa shape index (κ2) is 8.22. The predicted molar refractivity (Wildman–Crippen MR) is 95.3 cm³/mol. The van der Waals surface area contributed by atoms with Gasteiger partial charge < -0.3 is 5.32 Å². The summed E-state index contributed by atoms with van der Waals surface area (Å²) in [5.74, 6) is -0.919. The molecule has 1 atom stereocenters. The average Bonchev–Trinajstić information content (AvgIpc) is 2.95. The normalized spacial score (nSPS) is 13.4. The molecule has 0 saturated heterocycles. The zero-order valence-corrected chi connectivity index (χ0v) is 16.3. The molecule has 0 saturated carbocycles. The van der Waals surface area contributed by atoms with Gasteiger partial charge in [-0.3, -0.25) is 4.79 Å². The van der Waals surface area contributed by atoms with E-state index in [2.05, 4.69) is 34.2 Å². The number of halogens is 3. The van der Waals surface area contributed by atoms with Gasteiger partial charge in [0.2, 0.25) is 5.91 Å². The number of amides is 1. The maximum Gasteiger partial charge on any atom is 0.453 e. The van der Waals surface area contributed by atoms with E-state index in [4.69, 9.17) is 0 Å². The van der Waals surface area contributed by atoms with E-state index >= 15 is 0 Å². The van der Waals surface area contributed by atoms with E-state index in [0.717, 1.165) is 23.8 Å². The van der Waals surface area contributed by atoms with Crippen LogP contribution in [0.4, 0.5) is 13.2 Å². The molecule has 0 aliphatic carbocycles. The molecule has 0 radical (unpaired) electrons. The van der Waals surface area contributed by atoms with Gasteiger partial charge in [0.25, 0.3) is 11.6 Å². The molecule has 2 heterocycles. The Morgan fingerprint density at radius 3 is 2.41 bits per heavy atom. The molecule has 0 bridgehead atoms. The molecule has 1 amide bonds. The third-order valence-corrected chi connectivity index (χ3v) is 4.47. The van der Waals surface area contributed by atoms with E-state index in [1.807, 2.05) is 6.92 Å². The van der Waals surface area contributed by atoms with Crippen molar-refractivity contribution in [3.63, 3.8) is 0 Å². The number of aryl methyl sites for hydroxylation is 2. The summed E-state index contributed by atoms with van der Waals surface area (Å²) in [6, 6.07) is 0.0387. The summed E-state index contributed by atoms with van der Waals surface area (Å²) < 4.78 is 39.5. The van der Waals surface area contributed by atoms with Crippen LogP contribution >= 0.6 is 0 Å². The van der Waals surface area contributed by atoms with Crippen LogP contribution in [0.3, 0.4) is 0 Å². The molecule has 9 heteroatoms. The Hall–Kier alpha value is -2.19. The molecular formula is C18H26F3N5O. The third kappa shape index (κ3) is 5.40. The first-order valence-electron chi connectivity index (χ1n) is 9.08. The molecule has 150 valence electrons. The fourth-order valence-electron chi connectivity index (χ4n) is 2.98. The lowest BCUT2D eigenvalue weighted by molar-refractivity contribution is -0.144. The SMILES string of the molecule is Cc1nc2nc(C(F)(F)F)nn2c(C)c1CC(=O)NC(C)CCCC(C)C. The number of nitrogens with one attached hydrogen (secondary N) is 1. The monoisotopic (exact) mass is 385 g/mol. The van der Waals surface area contributed by atoms with E-state index < -0.39 is 12.0 Å². The molecule has 1 unspecified atom stereocenters. The van der Waals surface area contributed by atoms with Crippen LogP contribution in [-0.2, 0) is 17.4 Å². The van der Waals surface area contributed by atoms with Gasteiger partial charge in [-0.2, -0.15) is 18.2 Å². The summed E-state index contributed by atoms with van der Waals surface area (Å²) in [5.41, 5.74) is 1.47. The summed E-state index contributed by atoms with van der Waals surface area (Å²) in [6.45, 7) is 9.54. The molecule has 27 heavy (non-hydrogen) atoms. The summed E-state index contributed by atoms with van der Waals surface area (Å²) >= 11 is 0. The number of fused-ring (bicyclic) bond motifs is 1. The first kappa shape index (κ1) is 21.1. The molecule has 1 N–H and O–H groups in total. The van der Waals surface area contributed by atoms with Crippen molar-refractivity contribution in [2.75, 3.05) is 0 Å². The second-order valence-electron chi connectivity index (χ2n) is 7.38. The van der Waals surface area contributed by atoms with Crippen molar-refractivity contribution in [2.45, 2.75) is 72.5 Å². The number of alkyl halides is 3. The lowest BCUT2D eigenvalue weighted by atomic mass is 10.0. The van der Waals surface area contributed by atoms with Crippen LogP contribution in [-0.4, -0.2) is 31.5 Å². The zero-order chi connectivity index (χ0) is 20.4. The van der Waals surface area contributed by atoms with E-state index in [0.29, 0.717) is 22.9 Å². The average molecular weight is 385 g/mol. The number of hydrogen-bond acceptors (Lipinski definition) is 4. The van der Waals surface area contributed by atoms with Crippen molar-refractivity contribution in [2.24, 2.45) is 5.92 Å². The minimum Gasteiger partial charge on any atom is -0.353 e. The van der Waals surface area contributed by atoms with E-state index in [1.54, 1.807) is 13.8 Å². The Morgan fingerprint density at radius 1 is 1.15 bits per heavy atom. The van der Waals surface area contributed by atoms with Crippen molar-refractivity contribution in [1.29, 1.82) is 0 Å². The van der Waals surface area contributed by atoms with Crippen LogP contribution in [0.2, 0.25) is 0 Å². The number of aromatic nitrogens is 4. The molecular weight excluding hydrogens is 359 g/mol. The summed E-state index contributed by atoms with van der Waals surface area (Å²) in [6.07, 6.45) is -1.58. The maximum absolute atomic E-state index is 12.8. The highest BCUT2D eigenvalue weighted by Gasteiger charge is 2.37. The number of carbonyl (C=O) groups excluding carboxylic acids is 1. The van der Waals surface area contributed by atoms with E-state index in [-0.39, 0.29) is 24.1 Å². The molecule has 0 aromatic carbocycles. The Labute approximate surface area is 156 Å². The molecule has 0 fully saturated rings. The molecule has 0 aliphatic rings. The van der Waals surface area contributed by atoms with Gasteiger partial charge in [-0.25, -0.2) is 9.50 Å². The second-order valence-corrected chi connectivity index (χ2v) is 7.38. The highest BCUT2D eigenvalue weighted by Crippen LogP contribution is 2.27. The standard InChI is InChI=1S/C18H26F3N5O/c1-10(2)7-6-8-11(3)22-15(27)9-14-12(4)23-17-24-16(18(19,20)21)25-26(17)13(14)5/h10-11H,6-9H2,1-5H3,(H,22,27). The number of carbonyl (C=O) groups is 1. The van der Waals surface area contributed by atoms with Crippen LogP contribution in [0.1, 0.15) is 62.8 Å². The Bertz CT molecular complexity index is 813. The van der Waals surface area contributed by atoms with Gasteiger partial charge in [0.15, 0.2) is 0 Å². The molecule has 6 nitrogen and oxygen atoms in total. The van der Waals surface area contributed by atoms with Gasteiger partial charge in [0.1, 0.15) is 0 Å². The first-order valence-corrected chi connectivity index (χ1v) is 9.08. The fraction of sp³-hybridized carbons (Fsp3) is 0.667. The van der Waals surface area contributed by atoms with Crippen molar-refractivity contribution in [3.8, 4) is 0 Å². The van der Waals surface area contributed by atoms with Crippen molar-refractivity contribution in [1.82, 2.24) is 24.9 Å². The maximum atomic E-state index is 12.8. The smallest absolute Gasteiger partial charge is 0.353 e. The molecule has 2 rings (SSSR count). The van der Waals surface area contributed by atoms with E-state index in [1.165, 1.54) is 0 Å². The van der Waals surface area contributed by atoms with Crippen molar-refractivity contribution in [3.05, 3.63) is 22.8 Å². The third-order valence-electron chi connectivity index (χ3n) is 4.47. The summed E-state index contributed by atoms with van der Waals surface area (Å²) in [5, 5.41) is 6.44. The molecule has 0 spiro atoms. The summed E-state index contributed by atoms with van der Waals surface area (Å²) in [4.78, 5) is 19.9. The first-order chi connectivity index (χ1) is 12.5. The minimum absolute atomic E-state index is 0.0380. The lowest BCUT2D eigenvalue weighted by Crippen LogP contribution is -2.34. The minimum atomic E-state index is -4.64. The zero-order valence-electron chi connectivity index (χ0n) is 16.3. The molecule has 2 aromatic heterocycles. The number of nitrogens with zero attached hydrogens (tertiary/aromatic N) is 4. The predicted octanol–water partition coefficient (Wildman–Crippen LogP) is 3.63. The van der Waals surface area contributed by atoms with Crippen molar-refractivity contribution >= 4 is 11.7 Å². The van der Waals surface area contributed by atoms with Crippen molar-refractivity contribution < 1.29 is 18.0 Å². The largest absolute Gasteiger partial charge is 0.453 e. The molecule has 2 aromatic rings. The Balaban J connectivity index is 2.12. The topological polar surface area (TPSA) is 72.2 Å². The van der Waals surface area contributed by atoms with Crippen LogP contribution in [0.5, 0.6) is 0 Å². The number of hydrogen-bond donors (Lipinski definition) is 1. The molecule has 0 aliphatic heterocycles. The van der Waals surface area contributed by atoms with Gasteiger partial charge in [-0.05, 0) is 33.1 Å². The van der Waals surface area contributed by atoms with E-state index in [9.17, 15) is 18.0 Å². The Kier molecular flexibility index (Phi) is 6.43. The highest BCUT2D eigenvalue weighted by atomic mass is 19.4. The van der Waals surface area contributed by atoms with Gasteiger partial charge in [-0.1, -0.05) is 26.7 Å². The highest BCUT2D eigenvalue weighted by molar-refractivity contribution is 5.79. The van der Waals surface area contributed by atoms with Gasteiger partial charge in [-0.15, -0.1) is 5.10 Å². The van der Waals surface area contributed by atoms with Crippen LogP contribution in [0, 0.1) is 19.8 Å². The Morgan fingerprint density at radius 2 is 1.81 bits per heavy atom. The fourth-order valence-corrected chi connectivity index (χ4v) is 2.98. The van der Waals surface area contributed by atoms with Crippen LogP contribution in [0.15, 0.2) is 0 Å². The van der Waals surface area contributed by atoms with Crippen LogP contribution in [0.25, 0.3) is 5.78 Å². The van der Waals surface area contributed by atoms with Gasteiger partial charge in [0, 0.05) is 23.0 Å². The summed E-state index contributed by atoms with van der Waals surface area (Å²) in [7, 11) is 0. The number of rotatable bonds is 7. The van der Waals surface area contributed by atoms with Gasteiger partial charge >= 0.3 is 6.18 Å². The lowest BCUT2D eigenvalue weighted by Gasteiger charge is -2.16. The van der Waals surface area contributed by atoms with Gasteiger partial charge in [0.05, 0.1) is 6.42 Å².